The topological polar surface area (TPSA) is 251 Å². The highest BCUT2D eigenvalue weighted by Crippen LogP contribution is 2.40. The number of aromatic amines is 2. The zero-order chi connectivity index (χ0) is 33.6. The van der Waals surface area contributed by atoms with Crippen LogP contribution in [-0.2, 0) is 10.2 Å². The van der Waals surface area contributed by atoms with E-state index in [1.807, 2.05) is 0 Å². The lowest BCUT2D eigenvalue weighted by molar-refractivity contribution is -0.121. The van der Waals surface area contributed by atoms with Crippen molar-refractivity contribution in [3.63, 3.8) is 0 Å². The molecule has 1 aliphatic carbocycles. The van der Waals surface area contributed by atoms with E-state index in [2.05, 4.69) is 61.8 Å². The number of rotatable bonds is 6. The molecule has 4 heterocycles. The second-order valence-corrected chi connectivity index (χ2v) is 11.3. The van der Waals surface area contributed by atoms with E-state index in [4.69, 9.17) is 23.2 Å². The fraction of sp³-hybridized carbons (Fsp3) is 0.148. The number of halogens is 2. The molecule has 4 aromatic heterocycles. The minimum atomic E-state index is -1.87. The Bertz CT molecular complexity index is 2210. The van der Waals surface area contributed by atoms with Crippen molar-refractivity contribution in [3.05, 3.63) is 90.7 Å². The van der Waals surface area contributed by atoms with E-state index in [0.29, 0.717) is 27.8 Å². The Balaban J connectivity index is 1.20. The molecule has 21 heteroatoms. The molecule has 242 valence electrons. The predicted octanol–water partition coefficient (Wildman–Crippen LogP) is 2.57. The summed E-state index contributed by atoms with van der Waals surface area (Å²) in [6.07, 6.45) is 0.384. The number of urea groups is 2. The molecule has 7 rings (SSSR count). The lowest BCUT2D eigenvalue weighted by Gasteiger charge is -2.24. The van der Waals surface area contributed by atoms with Crippen molar-refractivity contribution < 1.29 is 14.4 Å². The molecule has 0 aliphatic heterocycles. The third kappa shape index (κ3) is 5.45. The maximum atomic E-state index is 13.5. The van der Waals surface area contributed by atoms with Gasteiger partial charge in [-0.05, 0) is 61.4 Å². The van der Waals surface area contributed by atoms with Gasteiger partial charge in [0.05, 0.1) is 0 Å². The van der Waals surface area contributed by atoms with Crippen molar-refractivity contribution in [3.8, 4) is 0 Å². The molecule has 0 radical (unpaired) electrons. The number of Topliss-reactive ketones (excluding diaryl/α,β-unsaturated/α-hetero) is 1. The highest BCUT2D eigenvalue weighted by Gasteiger charge is 2.51. The minimum Gasteiger partial charge on any atom is -0.308 e. The van der Waals surface area contributed by atoms with E-state index in [1.165, 1.54) is 0 Å². The van der Waals surface area contributed by atoms with Crippen LogP contribution in [0.1, 0.15) is 30.7 Å². The maximum Gasteiger partial charge on any atom is 0.326 e. The fourth-order valence-corrected chi connectivity index (χ4v) is 5.58. The number of nitrogens with one attached hydrogen (secondary N) is 6. The first-order chi connectivity index (χ1) is 23.1. The number of fused-ring (bicyclic) bond motifs is 2. The monoisotopic (exact) mass is 690 g/mol. The lowest BCUT2D eigenvalue weighted by atomic mass is 9.78. The van der Waals surface area contributed by atoms with E-state index >= 15 is 0 Å². The van der Waals surface area contributed by atoms with Gasteiger partial charge in [0.15, 0.2) is 5.78 Å². The Morgan fingerprint density at radius 2 is 1.10 bits per heavy atom. The molecule has 0 unspecified atom stereocenters. The molecule has 2 aromatic carbocycles. The molecule has 0 atom stereocenters. The molecule has 6 aromatic rings. The van der Waals surface area contributed by atoms with Crippen LogP contribution in [0.2, 0.25) is 10.0 Å². The number of aromatic nitrogens is 10. The molecule has 0 saturated heterocycles. The van der Waals surface area contributed by atoms with Crippen LogP contribution in [0, 0.1) is 0 Å². The van der Waals surface area contributed by atoms with Gasteiger partial charge in [-0.2, -0.15) is 9.03 Å². The van der Waals surface area contributed by atoms with Crippen LogP contribution in [0.3, 0.4) is 0 Å². The molecule has 4 amide bonds. The van der Waals surface area contributed by atoms with E-state index in [9.17, 15) is 24.0 Å². The van der Waals surface area contributed by atoms with Crippen molar-refractivity contribution in [2.45, 2.75) is 24.7 Å². The third-order valence-electron chi connectivity index (χ3n) is 7.47. The molecular weight excluding hydrogens is 671 g/mol. The van der Waals surface area contributed by atoms with E-state index in [1.54, 1.807) is 48.5 Å². The Morgan fingerprint density at radius 3 is 1.50 bits per heavy atom. The summed E-state index contributed by atoms with van der Waals surface area (Å²) in [5.41, 5.74) is -3.40. The zero-order valence-corrected chi connectivity index (χ0v) is 25.6. The van der Waals surface area contributed by atoms with E-state index in [-0.39, 0.29) is 47.7 Å². The summed E-state index contributed by atoms with van der Waals surface area (Å²) < 4.78 is 2.04. The van der Waals surface area contributed by atoms with Crippen LogP contribution in [0.25, 0.3) is 11.6 Å². The number of amides is 4. The number of hydrogen-bond donors (Lipinski definition) is 6. The van der Waals surface area contributed by atoms with Gasteiger partial charge < -0.3 is 10.6 Å². The standard InChI is InChI=1S/C27H20Cl2N14O5/c28-12-3-7-14(8-4-12)30-25(47)34-23-38-36-21-32-17(19(45)40-42(21)23)27(11-1-2-16(27)44)18-20(46)41-43-22(33-18)37-39-24(43)35-26(48)31-15-9-5-13(29)6-10-15/h3-10H,1-2,11H2,(H,40,45)(H,41,46)(H2,30,34,38,47)(H2,31,35,39,48). The SMILES string of the molecule is O=C(Nc1ccc(Cl)cc1)Nc1nnc2nc(C3(c4nc5nnc(NC(=O)Nc6ccc(Cl)cc6)n5[nH]c4=O)CCCC3=O)c(=O)[nH]n12. The lowest BCUT2D eigenvalue weighted by Crippen LogP contribution is -2.45. The molecular formula is C27H20Cl2N14O5. The van der Waals surface area contributed by atoms with Gasteiger partial charge in [0.2, 0.25) is 0 Å². The van der Waals surface area contributed by atoms with Gasteiger partial charge in [0.25, 0.3) is 34.6 Å². The van der Waals surface area contributed by atoms with Crippen LogP contribution < -0.4 is 32.4 Å². The first kappa shape index (κ1) is 30.4. The number of benzene rings is 2. The highest BCUT2D eigenvalue weighted by molar-refractivity contribution is 6.31. The number of hydrogen-bond acceptors (Lipinski definition) is 11. The minimum absolute atomic E-state index is 0.0236. The number of ketones is 1. The first-order valence-electron chi connectivity index (χ1n) is 14.0. The van der Waals surface area contributed by atoms with Gasteiger partial charge in [-0.25, -0.2) is 19.6 Å². The van der Waals surface area contributed by atoms with Gasteiger partial charge in [0.1, 0.15) is 16.8 Å². The van der Waals surface area contributed by atoms with Gasteiger partial charge in [-0.3, -0.25) is 35.2 Å². The van der Waals surface area contributed by atoms with Crippen LogP contribution in [0.4, 0.5) is 32.9 Å². The Morgan fingerprint density at radius 1 is 0.667 bits per heavy atom. The molecule has 0 spiro atoms. The average Bonchev–Trinajstić information content (AvgIpc) is 3.75. The normalized spacial score (nSPS) is 13.9. The molecule has 1 fully saturated rings. The highest BCUT2D eigenvalue weighted by atomic mass is 35.5. The smallest absolute Gasteiger partial charge is 0.308 e. The van der Waals surface area contributed by atoms with Gasteiger partial charge in [-0.15, -0.1) is 20.4 Å². The van der Waals surface area contributed by atoms with Gasteiger partial charge >= 0.3 is 12.1 Å². The maximum absolute atomic E-state index is 13.5. The van der Waals surface area contributed by atoms with Crippen molar-refractivity contribution in [2.24, 2.45) is 0 Å². The number of anilines is 4. The fourth-order valence-electron chi connectivity index (χ4n) is 5.33. The van der Waals surface area contributed by atoms with E-state index < -0.39 is 34.4 Å². The molecule has 0 bridgehead atoms. The summed E-state index contributed by atoms with van der Waals surface area (Å²) in [6, 6.07) is 11.3. The Labute approximate surface area is 276 Å². The van der Waals surface area contributed by atoms with Gasteiger partial charge in [0, 0.05) is 27.8 Å². The van der Waals surface area contributed by atoms with E-state index in [0.717, 1.165) is 9.03 Å². The molecule has 1 saturated carbocycles. The average molecular weight is 691 g/mol. The number of carbonyl (C=O) groups excluding carboxylic acids is 3. The quantitative estimate of drug-likeness (QED) is 0.148. The van der Waals surface area contributed by atoms with Crippen LogP contribution >= 0.6 is 23.2 Å². The third-order valence-corrected chi connectivity index (χ3v) is 7.97. The summed E-state index contributed by atoms with van der Waals surface area (Å²) in [7, 11) is 0. The second-order valence-electron chi connectivity index (χ2n) is 10.5. The zero-order valence-electron chi connectivity index (χ0n) is 24.1. The summed E-state index contributed by atoms with van der Waals surface area (Å²) >= 11 is 11.8. The summed E-state index contributed by atoms with van der Waals surface area (Å²) in [5, 5.41) is 31.7. The van der Waals surface area contributed by atoms with Crippen molar-refractivity contribution in [2.75, 3.05) is 21.3 Å². The Hall–Kier alpha value is -6.21. The molecule has 19 nitrogen and oxygen atoms in total. The summed E-state index contributed by atoms with van der Waals surface area (Å²) in [5.74, 6) is -1.19. The van der Waals surface area contributed by atoms with Crippen molar-refractivity contribution >= 4 is 75.9 Å². The van der Waals surface area contributed by atoms with Crippen LogP contribution in [-0.4, -0.2) is 67.4 Å². The second kappa shape index (κ2) is 11.9. The summed E-state index contributed by atoms with van der Waals surface area (Å²) in [6.45, 7) is 0. The van der Waals surface area contributed by atoms with Crippen molar-refractivity contribution in [1.82, 2.24) is 49.6 Å². The molecule has 1 aliphatic rings. The summed E-state index contributed by atoms with van der Waals surface area (Å²) in [4.78, 5) is 74.4. The Kier molecular flexibility index (Phi) is 7.52. The number of nitrogens with zero attached hydrogens (tertiary/aromatic N) is 8. The van der Waals surface area contributed by atoms with Gasteiger partial charge in [-0.1, -0.05) is 23.2 Å². The largest absolute Gasteiger partial charge is 0.326 e. The predicted molar refractivity (Wildman–Crippen MR) is 171 cm³/mol. The van der Waals surface area contributed by atoms with Crippen molar-refractivity contribution in [1.29, 1.82) is 0 Å². The molecule has 48 heavy (non-hydrogen) atoms. The first-order valence-corrected chi connectivity index (χ1v) is 14.8. The molecule has 6 N–H and O–H groups in total. The number of H-pyrrole nitrogens is 2. The van der Waals surface area contributed by atoms with Crippen LogP contribution in [0.5, 0.6) is 0 Å². The number of carbonyl (C=O) groups is 3. The van der Waals surface area contributed by atoms with Crippen LogP contribution in [0.15, 0.2) is 58.1 Å².